The van der Waals surface area contributed by atoms with Crippen LogP contribution in [0, 0.1) is 5.92 Å². The van der Waals surface area contributed by atoms with E-state index in [-0.39, 0.29) is 6.09 Å². The number of nitrogens with zero attached hydrogens (tertiary/aromatic N) is 4. The highest BCUT2D eigenvalue weighted by Crippen LogP contribution is 2.26. The quantitative estimate of drug-likeness (QED) is 0.491. The second-order valence-electron chi connectivity index (χ2n) is 8.41. The van der Waals surface area contributed by atoms with Crippen molar-refractivity contribution in [2.75, 3.05) is 13.1 Å². The number of hydrogen-bond donors (Lipinski definition) is 1. The lowest BCUT2D eigenvalue weighted by Crippen LogP contribution is -2.32. The zero-order chi connectivity index (χ0) is 21.8. The summed E-state index contributed by atoms with van der Waals surface area (Å²) in [6.45, 7) is 2.65. The van der Waals surface area contributed by atoms with E-state index in [1.165, 1.54) is 0 Å². The zero-order valence-electron chi connectivity index (χ0n) is 18.0. The van der Waals surface area contributed by atoms with Crippen LogP contribution in [0.2, 0.25) is 0 Å². The predicted octanol–water partition coefficient (Wildman–Crippen LogP) is 4.87. The van der Waals surface area contributed by atoms with Gasteiger partial charge in [-0.2, -0.15) is 10.2 Å². The van der Waals surface area contributed by atoms with Crippen LogP contribution in [-0.2, 0) is 17.9 Å². The highest BCUT2D eigenvalue weighted by atomic mass is 16.6. The third-order valence-corrected chi connectivity index (χ3v) is 6.22. The smallest absolute Gasteiger partial charge is 0.410 e. The number of benzene rings is 2. The number of amides is 1. The van der Waals surface area contributed by atoms with Crippen molar-refractivity contribution in [3.63, 3.8) is 0 Å². The molecule has 1 unspecified atom stereocenters. The minimum Gasteiger partial charge on any atom is -0.445 e. The van der Waals surface area contributed by atoms with E-state index in [2.05, 4.69) is 38.2 Å². The van der Waals surface area contributed by atoms with E-state index < -0.39 is 0 Å². The highest BCUT2D eigenvalue weighted by Gasteiger charge is 2.22. The molecule has 7 heteroatoms. The number of fused-ring (bicyclic) bond motifs is 1. The van der Waals surface area contributed by atoms with Gasteiger partial charge in [-0.3, -0.25) is 9.78 Å². The average molecular weight is 430 g/mol. The summed E-state index contributed by atoms with van der Waals surface area (Å²) in [6.07, 6.45) is 8.45. The maximum absolute atomic E-state index is 12.5. The minimum absolute atomic E-state index is 0.217. The molecule has 0 saturated carbocycles. The Kier molecular flexibility index (Phi) is 5.87. The molecule has 2 aromatic heterocycles. The molecule has 4 aromatic rings. The van der Waals surface area contributed by atoms with E-state index in [4.69, 9.17) is 4.74 Å². The topological polar surface area (TPSA) is 76.0 Å². The van der Waals surface area contributed by atoms with Gasteiger partial charge in [0.2, 0.25) is 0 Å². The number of rotatable bonds is 5. The Balaban J connectivity index is 1.19. The van der Waals surface area contributed by atoms with Gasteiger partial charge < -0.3 is 9.64 Å². The van der Waals surface area contributed by atoms with Gasteiger partial charge in [-0.15, -0.1) is 0 Å². The van der Waals surface area contributed by atoms with E-state index in [0.717, 1.165) is 66.5 Å². The molecule has 7 nitrogen and oxygen atoms in total. The molecule has 0 radical (unpaired) electrons. The molecule has 0 bridgehead atoms. The van der Waals surface area contributed by atoms with Gasteiger partial charge in [0.05, 0.1) is 17.9 Å². The van der Waals surface area contributed by atoms with Crippen LogP contribution in [0.3, 0.4) is 0 Å². The fourth-order valence-electron chi connectivity index (χ4n) is 4.41. The SMILES string of the molecule is O=C(OCc1ccccc1)N1CCCC(Cn2ncc3cc(-c4cn[nH]c4)ccc32)CC1. The Morgan fingerprint density at radius 2 is 1.97 bits per heavy atom. The van der Waals surface area contributed by atoms with Gasteiger partial charge in [0, 0.05) is 36.8 Å². The van der Waals surface area contributed by atoms with Crippen molar-refractivity contribution < 1.29 is 9.53 Å². The van der Waals surface area contributed by atoms with Crippen LogP contribution in [-0.4, -0.2) is 44.1 Å². The molecule has 1 atom stereocenters. The van der Waals surface area contributed by atoms with Gasteiger partial charge in [0.25, 0.3) is 0 Å². The molecule has 164 valence electrons. The van der Waals surface area contributed by atoms with Crippen LogP contribution in [0.25, 0.3) is 22.0 Å². The van der Waals surface area contributed by atoms with E-state index in [9.17, 15) is 4.79 Å². The van der Waals surface area contributed by atoms with E-state index in [1.54, 1.807) is 0 Å². The van der Waals surface area contributed by atoms with Crippen LogP contribution < -0.4 is 0 Å². The Labute approximate surface area is 187 Å². The molecule has 1 saturated heterocycles. The summed E-state index contributed by atoms with van der Waals surface area (Å²) in [4.78, 5) is 14.4. The monoisotopic (exact) mass is 429 g/mol. The van der Waals surface area contributed by atoms with Crippen LogP contribution >= 0.6 is 0 Å². The summed E-state index contributed by atoms with van der Waals surface area (Å²) in [5.74, 6) is 0.485. The molecule has 1 amide bonds. The Morgan fingerprint density at radius 3 is 2.81 bits per heavy atom. The van der Waals surface area contributed by atoms with Gasteiger partial charge in [-0.05, 0) is 48.4 Å². The lowest BCUT2D eigenvalue weighted by atomic mass is 10.0. The Hall–Kier alpha value is -3.61. The van der Waals surface area contributed by atoms with Gasteiger partial charge in [0.1, 0.15) is 6.61 Å². The van der Waals surface area contributed by atoms with Crippen LogP contribution in [0.1, 0.15) is 24.8 Å². The number of hydrogen-bond acceptors (Lipinski definition) is 4. The van der Waals surface area contributed by atoms with Gasteiger partial charge in [-0.1, -0.05) is 36.4 Å². The first kappa shape index (κ1) is 20.3. The Bertz CT molecular complexity index is 1170. The summed E-state index contributed by atoms with van der Waals surface area (Å²) >= 11 is 0. The lowest BCUT2D eigenvalue weighted by Gasteiger charge is -2.20. The number of nitrogens with one attached hydrogen (secondary N) is 1. The third kappa shape index (κ3) is 4.51. The largest absolute Gasteiger partial charge is 0.445 e. The summed E-state index contributed by atoms with van der Waals surface area (Å²) in [5, 5.41) is 12.7. The van der Waals surface area contributed by atoms with Gasteiger partial charge in [-0.25, -0.2) is 4.79 Å². The molecule has 3 heterocycles. The zero-order valence-corrected chi connectivity index (χ0v) is 18.0. The summed E-state index contributed by atoms with van der Waals surface area (Å²) in [7, 11) is 0. The third-order valence-electron chi connectivity index (χ3n) is 6.22. The highest BCUT2D eigenvalue weighted by molar-refractivity contribution is 5.84. The normalized spacial score (nSPS) is 16.8. The van der Waals surface area contributed by atoms with Crippen molar-refractivity contribution in [2.45, 2.75) is 32.4 Å². The minimum atomic E-state index is -0.217. The molecule has 32 heavy (non-hydrogen) atoms. The first-order valence-corrected chi connectivity index (χ1v) is 11.2. The van der Waals surface area contributed by atoms with Crippen molar-refractivity contribution in [1.82, 2.24) is 24.9 Å². The second-order valence-corrected chi connectivity index (χ2v) is 8.41. The van der Waals surface area contributed by atoms with E-state index in [1.807, 2.05) is 53.8 Å². The Morgan fingerprint density at radius 1 is 1.06 bits per heavy atom. The maximum atomic E-state index is 12.5. The number of likely N-dealkylation sites (tertiary alicyclic amines) is 1. The number of carbonyl (C=O) groups excluding carboxylic acids is 1. The standard InChI is InChI=1S/C25H27N5O2/c31-25(32-18-20-5-2-1-3-6-20)29-11-4-7-19(10-12-29)17-30-24-9-8-21(13-22(24)16-28-30)23-14-26-27-15-23/h1-3,5-6,8-9,13-16,19H,4,7,10-12,17-18H2,(H,26,27). The average Bonchev–Trinajstić information content (AvgIpc) is 3.44. The second kappa shape index (κ2) is 9.26. The first-order chi connectivity index (χ1) is 15.8. The maximum Gasteiger partial charge on any atom is 0.410 e. The summed E-state index contributed by atoms with van der Waals surface area (Å²) < 4.78 is 7.63. The van der Waals surface area contributed by atoms with Crippen molar-refractivity contribution in [1.29, 1.82) is 0 Å². The van der Waals surface area contributed by atoms with Crippen molar-refractivity contribution >= 4 is 17.0 Å². The number of carbonyl (C=O) groups is 1. The lowest BCUT2D eigenvalue weighted by molar-refractivity contribution is 0.0970. The fourth-order valence-corrected chi connectivity index (χ4v) is 4.41. The molecule has 0 spiro atoms. The van der Waals surface area contributed by atoms with Gasteiger partial charge in [0.15, 0.2) is 0 Å². The molecule has 1 aliphatic rings. The number of aromatic nitrogens is 4. The molecular formula is C25H27N5O2. The summed E-state index contributed by atoms with van der Waals surface area (Å²) in [5.41, 5.74) is 4.35. The first-order valence-electron chi connectivity index (χ1n) is 11.2. The fraction of sp³-hybridized carbons (Fsp3) is 0.320. The van der Waals surface area contributed by atoms with Gasteiger partial charge >= 0.3 is 6.09 Å². The van der Waals surface area contributed by atoms with Crippen molar-refractivity contribution in [3.05, 3.63) is 72.7 Å². The van der Waals surface area contributed by atoms with E-state index >= 15 is 0 Å². The van der Waals surface area contributed by atoms with Crippen LogP contribution in [0.4, 0.5) is 4.79 Å². The summed E-state index contributed by atoms with van der Waals surface area (Å²) in [6, 6.07) is 16.2. The van der Waals surface area contributed by atoms with Crippen molar-refractivity contribution in [2.24, 2.45) is 5.92 Å². The molecule has 1 aliphatic heterocycles. The molecule has 1 fully saturated rings. The number of ether oxygens (including phenoxy) is 1. The molecule has 0 aliphatic carbocycles. The molecule has 2 aromatic carbocycles. The van der Waals surface area contributed by atoms with Crippen LogP contribution in [0.15, 0.2) is 67.1 Å². The molecule has 5 rings (SSSR count). The predicted molar refractivity (Wildman–Crippen MR) is 123 cm³/mol. The van der Waals surface area contributed by atoms with Crippen molar-refractivity contribution in [3.8, 4) is 11.1 Å². The number of aromatic amines is 1. The molecular weight excluding hydrogens is 402 g/mol. The van der Waals surface area contributed by atoms with Crippen LogP contribution in [0.5, 0.6) is 0 Å². The number of H-pyrrole nitrogens is 1. The van der Waals surface area contributed by atoms with E-state index in [0.29, 0.717) is 12.5 Å². The molecule has 1 N–H and O–H groups in total.